The zero-order valence-electron chi connectivity index (χ0n) is 14.7. The molecule has 1 saturated heterocycles. The van der Waals surface area contributed by atoms with Crippen LogP contribution in [0.5, 0.6) is 0 Å². The monoisotopic (exact) mass is 391 g/mol. The fraction of sp³-hybridized carbons (Fsp3) is 0.562. The summed E-state index contributed by atoms with van der Waals surface area (Å²) in [7, 11) is -1.77. The zero-order valence-corrected chi connectivity index (χ0v) is 16.4. The number of amides is 1. The van der Waals surface area contributed by atoms with Crippen molar-refractivity contribution in [2.45, 2.75) is 32.3 Å². The van der Waals surface area contributed by atoms with Crippen LogP contribution in [0.3, 0.4) is 0 Å². The fourth-order valence-electron chi connectivity index (χ4n) is 2.70. The molecule has 1 fully saturated rings. The van der Waals surface area contributed by atoms with Gasteiger partial charge in [0.2, 0.25) is 10.0 Å². The summed E-state index contributed by atoms with van der Waals surface area (Å²) in [5.41, 5.74) is 1.05. The molecule has 0 radical (unpaired) electrons. The van der Waals surface area contributed by atoms with Crippen LogP contribution in [0.1, 0.15) is 25.3 Å². The van der Waals surface area contributed by atoms with E-state index in [0.717, 1.165) is 18.7 Å². The summed E-state index contributed by atoms with van der Waals surface area (Å²) in [4.78, 5) is 12.6. The molecule has 0 saturated carbocycles. The molecule has 1 aromatic rings. The second kappa shape index (κ2) is 8.84. The van der Waals surface area contributed by atoms with Crippen LogP contribution in [0.25, 0.3) is 0 Å². The van der Waals surface area contributed by atoms with Gasteiger partial charge in [0.1, 0.15) is 5.60 Å². The van der Waals surface area contributed by atoms with Crippen molar-refractivity contribution in [3.05, 3.63) is 23.8 Å². The standard InChI is InChI=1S/C16H25N3O4S.ClH/c1-4-24(21,22)19-14-6-5-13(11-12(14)2)18-15(20)16(23-3)7-9-17-10-8-16;/h5-6,11,17,19H,4,7-10H2,1-3H3,(H,18,20);1H. The van der Waals surface area contributed by atoms with E-state index in [1.165, 1.54) is 0 Å². The van der Waals surface area contributed by atoms with Crippen molar-refractivity contribution in [1.29, 1.82) is 0 Å². The van der Waals surface area contributed by atoms with Crippen LogP contribution in [-0.2, 0) is 19.6 Å². The van der Waals surface area contributed by atoms with Crippen LogP contribution in [0.15, 0.2) is 18.2 Å². The summed E-state index contributed by atoms with van der Waals surface area (Å²) in [6.07, 6.45) is 1.23. The number of methoxy groups -OCH3 is 1. The number of hydrogen-bond donors (Lipinski definition) is 3. The highest BCUT2D eigenvalue weighted by Crippen LogP contribution is 2.26. The molecule has 3 N–H and O–H groups in total. The molecule has 0 atom stereocenters. The summed E-state index contributed by atoms with van der Waals surface area (Å²) in [6.45, 7) is 4.84. The van der Waals surface area contributed by atoms with Crippen molar-refractivity contribution >= 4 is 39.7 Å². The van der Waals surface area contributed by atoms with Crippen LogP contribution < -0.4 is 15.4 Å². The van der Waals surface area contributed by atoms with Gasteiger partial charge in [-0.1, -0.05) is 0 Å². The van der Waals surface area contributed by atoms with Crippen LogP contribution in [0.4, 0.5) is 11.4 Å². The minimum Gasteiger partial charge on any atom is -0.368 e. The summed E-state index contributed by atoms with van der Waals surface area (Å²) in [5, 5.41) is 6.09. The molecule has 142 valence electrons. The van der Waals surface area contributed by atoms with Crippen molar-refractivity contribution in [2.24, 2.45) is 0 Å². The molecular weight excluding hydrogens is 366 g/mol. The fourth-order valence-corrected chi connectivity index (χ4v) is 3.40. The van der Waals surface area contributed by atoms with E-state index in [1.807, 2.05) is 0 Å². The van der Waals surface area contributed by atoms with Crippen LogP contribution in [0.2, 0.25) is 0 Å². The predicted molar refractivity (Wildman–Crippen MR) is 102 cm³/mol. The average Bonchev–Trinajstić information content (AvgIpc) is 2.58. The number of nitrogens with one attached hydrogen (secondary N) is 3. The topological polar surface area (TPSA) is 96.5 Å². The molecule has 1 amide bonds. The lowest BCUT2D eigenvalue weighted by atomic mass is 9.91. The molecule has 0 bridgehead atoms. The first-order chi connectivity index (χ1) is 11.3. The van der Waals surface area contributed by atoms with E-state index in [0.29, 0.717) is 24.2 Å². The van der Waals surface area contributed by atoms with Crippen LogP contribution in [0, 0.1) is 6.92 Å². The van der Waals surface area contributed by atoms with E-state index in [-0.39, 0.29) is 24.1 Å². The van der Waals surface area contributed by atoms with Gasteiger partial charge in [-0.15, -0.1) is 12.4 Å². The lowest BCUT2D eigenvalue weighted by molar-refractivity contribution is -0.140. The third-order valence-electron chi connectivity index (χ3n) is 4.35. The number of aryl methyl sites for hydroxylation is 1. The summed E-state index contributed by atoms with van der Waals surface area (Å²) in [5.74, 6) is -0.164. The van der Waals surface area contributed by atoms with Gasteiger partial charge in [0.25, 0.3) is 5.91 Å². The molecular formula is C16H26ClN3O4S. The Labute approximate surface area is 155 Å². The molecule has 0 unspecified atom stereocenters. The predicted octanol–water partition coefficient (Wildman–Crippen LogP) is 1.89. The number of carbonyl (C=O) groups is 1. The summed E-state index contributed by atoms with van der Waals surface area (Å²) < 4.78 is 31.4. The number of ether oxygens (including phenoxy) is 1. The Bertz CT molecular complexity index is 703. The lowest BCUT2D eigenvalue weighted by Gasteiger charge is -2.34. The molecule has 25 heavy (non-hydrogen) atoms. The minimum atomic E-state index is -3.33. The normalized spacial score (nSPS) is 16.6. The molecule has 7 nitrogen and oxygen atoms in total. The largest absolute Gasteiger partial charge is 0.368 e. The van der Waals surface area contributed by atoms with E-state index in [9.17, 15) is 13.2 Å². The van der Waals surface area contributed by atoms with Gasteiger partial charge in [-0.3, -0.25) is 9.52 Å². The van der Waals surface area contributed by atoms with Gasteiger partial charge in [0.15, 0.2) is 0 Å². The van der Waals surface area contributed by atoms with E-state index in [4.69, 9.17) is 4.74 Å². The van der Waals surface area contributed by atoms with Crippen LogP contribution in [-0.4, -0.2) is 45.9 Å². The Morgan fingerprint density at radius 3 is 2.48 bits per heavy atom. The lowest BCUT2D eigenvalue weighted by Crippen LogP contribution is -2.51. The summed E-state index contributed by atoms with van der Waals surface area (Å²) in [6, 6.07) is 5.08. The molecule has 1 aliphatic rings. The number of hydrogen-bond acceptors (Lipinski definition) is 5. The maximum Gasteiger partial charge on any atom is 0.256 e. The number of rotatable bonds is 6. The first-order valence-electron chi connectivity index (χ1n) is 8.00. The van der Waals surface area contributed by atoms with E-state index in [2.05, 4.69) is 15.4 Å². The van der Waals surface area contributed by atoms with Crippen molar-refractivity contribution < 1.29 is 17.9 Å². The van der Waals surface area contributed by atoms with E-state index < -0.39 is 15.6 Å². The molecule has 0 spiro atoms. The third kappa shape index (κ3) is 5.31. The first kappa shape index (κ1) is 21.7. The third-order valence-corrected chi connectivity index (χ3v) is 5.64. The molecule has 1 aromatic carbocycles. The Balaban J connectivity index is 0.00000312. The highest BCUT2D eigenvalue weighted by atomic mass is 35.5. The van der Waals surface area contributed by atoms with Crippen molar-refractivity contribution in [2.75, 3.05) is 36.0 Å². The second-order valence-electron chi connectivity index (χ2n) is 5.94. The highest BCUT2D eigenvalue weighted by molar-refractivity contribution is 7.92. The molecule has 9 heteroatoms. The van der Waals surface area contributed by atoms with Gasteiger partial charge >= 0.3 is 0 Å². The number of sulfonamides is 1. The molecule has 2 rings (SSSR count). The smallest absolute Gasteiger partial charge is 0.256 e. The number of anilines is 2. The van der Waals surface area contributed by atoms with Gasteiger partial charge in [-0.2, -0.15) is 0 Å². The zero-order chi connectivity index (χ0) is 17.8. The number of benzene rings is 1. The number of carbonyl (C=O) groups excluding carboxylic acids is 1. The first-order valence-corrected chi connectivity index (χ1v) is 9.65. The second-order valence-corrected chi connectivity index (χ2v) is 7.95. The maximum absolute atomic E-state index is 12.6. The number of halogens is 1. The minimum absolute atomic E-state index is 0. The summed E-state index contributed by atoms with van der Waals surface area (Å²) >= 11 is 0. The van der Waals surface area contributed by atoms with Gasteiger partial charge in [-0.05, 0) is 63.5 Å². The Morgan fingerprint density at radius 1 is 1.32 bits per heavy atom. The van der Waals surface area contributed by atoms with E-state index >= 15 is 0 Å². The Kier molecular flexibility index (Phi) is 7.67. The Morgan fingerprint density at radius 2 is 1.96 bits per heavy atom. The van der Waals surface area contributed by atoms with Gasteiger partial charge in [0, 0.05) is 12.8 Å². The molecule has 1 heterocycles. The molecule has 1 aliphatic heterocycles. The van der Waals surface area contributed by atoms with Crippen molar-refractivity contribution in [3.63, 3.8) is 0 Å². The van der Waals surface area contributed by atoms with E-state index in [1.54, 1.807) is 39.2 Å². The van der Waals surface area contributed by atoms with Gasteiger partial charge in [0.05, 0.1) is 11.4 Å². The van der Waals surface area contributed by atoms with Crippen molar-refractivity contribution in [3.8, 4) is 0 Å². The van der Waals surface area contributed by atoms with Gasteiger partial charge in [-0.25, -0.2) is 8.42 Å². The Hall–Kier alpha value is -1.35. The van der Waals surface area contributed by atoms with Crippen molar-refractivity contribution in [1.82, 2.24) is 5.32 Å². The highest BCUT2D eigenvalue weighted by Gasteiger charge is 2.39. The van der Waals surface area contributed by atoms with Gasteiger partial charge < -0.3 is 15.4 Å². The van der Waals surface area contributed by atoms with Crippen LogP contribution >= 0.6 is 12.4 Å². The maximum atomic E-state index is 12.6. The average molecular weight is 392 g/mol. The molecule has 0 aromatic heterocycles. The molecule has 0 aliphatic carbocycles. The SMILES string of the molecule is CCS(=O)(=O)Nc1ccc(NC(=O)C2(OC)CCNCC2)cc1C.Cl. The number of piperidine rings is 1. The quantitative estimate of drug-likeness (QED) is 0.688.